The molecule has 1 amide bonds. The molecule has 6 heteroatoms. The van der Waals surface area contributed by atoms with Gasteiger partial charge in [0.1, 0.15) is 5.52 Å². The maximum absolute atomic E-state index is 12.5. The highest BCUT2D eigenvalue weighted by molar-refractivity contribution is 6.30. The van der Waals surface area contributed by atoms with Crippen LogP contribution in [0.25, 0.3) is 11.0 Å². The van der Waals surface area contributed by atoms with Gasteiger partial charge in [-0.3, -0.25) is 4.79 Å². The monoisotopic (exact) mass is 382 g/mol. The molecule has 27 heavy (non-hydrogen) atoms. The quantitative estimate of drug-likeness (QED) is 0.608. The summed E-state index contributed by atoms with van der Waals surface area (Å²) in [5, 5.41) is 7.35. The van der Waals surface area contributed by atoms with E-state index in [1.807, 2.05) is 36.4 Å². The number of amides is 1. The van der Waals surface area contributed by atoms with Crippen molar-refractivity contribution in [1.29, 1.82) is 0 Å². The fraction of sp³-hybridized carbons (Fsp3) is 0.333. The van der Waals surface area contributed by atoms with E-state index in [4.69, 9.17) is 11.6 Å². The Kier molecular flexibility index (Phi) is 5.30. The summed E-state index contributed by atoms with van der Waals surface area (Å²) < 4.78 is 0. The lowest BCUT2D eigenvalue weighted by atomic mass is 9.85. The van der Waals surface area contributed by atoms with Crippen LogP contribution >= 0.6 is 11.6 Å². The molecule has 5 nitrogen and oxygen atoms in total. The summed E-state index contributed by atoms with van der Waals surface area (Å²) in [7, 11) is 0. The van der Waals surface area contributed by atoms with Crippen LogP contribution in [0.5, 0.6) is 0 Å². The second kappa shape index (κ2) is 8.01. The highest BCUT2D eigenvalue weighted by atomic mass is 35.5. The normalized spacial score (nSPS) is 19.7. The molecule has 0 radical (unpaired) electrons. The van der Waals surface area contributed by atoms with Gasteiger partial charge in [-0.2, -0.15) is 0 Å². The number of H-pyrrole nitrogens is 1. The highest BCUT2D eigenvalue weighted by Crippen LogP contribution is 2.29. The number of benzene rings is 2. The summed E-state index contributed by atoms with van der Waals surface area (Å²) in [6.45, 7) is 0.527. The average molecular weight is 383 g/mol. The second-order valence-corrected chi connectivity index (χ2v) is 7.58. The van der Waals surface area contributed by atoms with Crippen molar-refractivity contribution in [2.75, 3.05) is 5.32 Å². The summed E-state index contributed by atoms with van der Waals surface area (Å²) in [6, 6.07) is 14.1. The van der Waals surface area contributed by atoms with Crippen LogP contribution in [0.3, 0.4) is 0 Å². The number of anilines is 1. The number of fused-ring (bicyclic) bond motifs is 1. The summed E-state index contributed by atoms with van der Waals surface area (Å²) in [4.78, 5) is 20.0. The molecule has 0 saturated heterocycles. The van der Waals surface area contributed by atoms with Crippen LogP contribution in [-0.2, 0) is 11.3 Å². The first-order valence-corrected chi connectivity index (χ1v) is 9.77. The van der Waals surface area contributed by atoms with Gasteiger partial charge in [0.2, 0.25) is 5.91 Å². The average Bonchev–Trinajstić information content (AvgIpc) is 3.17. The van der Waals surface area contributed by atoms with Gasteiger partial charge in [-0.1, -0.05) is 29.8 Å². The molecule has 1 aliphatic rings. The van der Waals surface area contributed by atoms with Crippen molar-refractivity contribution in [3.63, 3.8) is 0 Å². The van der Waals surface area contributed by atoms with E-state index in [1.54, 1.807) is 6.33 Å². The Labute approximate surface area is 163 Å². The lowest BCUT2D eigenvalue weighted by Crippen LogP contribution is -2.35. The number of aromatic nitrogens is 2. The molecule has 2 aromatic carbocycles. The Hall–Kier alpha value is -2.53. The van der Waals surface area contributed by atoms with E-state index in [-0.39, 0.29) is 11.8 Å². The number of hydrogen-bond donors (Lipinski definition) is 3. The molecule has 0 atom stereocenters. The fourth-order valence-corrected chi connectivity index (χ4v) is 4.00. The van der Waals surface area contributed by atoms with E-state index in [0.29, 0.717) is 17.6 Å². The molecule has 4 rings (SSSR count). The van der Waals surface area contributed by atoms with E-state index in [1.165, 1.54) is 0 Å². The molecule has 1 heterocycles. The van der Waals surface area contributed by atoms with Crippen LogP contribution in [0.4, 0.5) is 5.69 Å². The van der Waals surface area contributed by atoms with Crippen molar-refractivity contribution >= 4 is 34.2 Å². The lowest BCUT2D eigenvalue weighted by Gasteiger charge is -2.29. The van der Waals surface area contributed by atoms with Crippen LogP contribution in [0.2, 0.25) is 5.02 Å². The maximum atomic E-state index is 12.5. The Morgan fingerprint density at radius 3 is 2.78 bits per heavy atom. The van der Waals surface area contributed by atoms with Gasteiger partial charge in [-0.05, 0) is 55.5 Å². The number of imidazole rings is 1. The SMILES string of the molecule is O=C(NCc1cccc(Cl)c1)[C@H]1CC[C@H](Nc2cccc3[nH]cnc23)CC1. The number of nitrogens with one attached hydrogen (secondary N) is 3. The molecule has 0 bridgehead atoms. The lowest BCUT2D eigenvalue weighted by molar-refractivity contribution is -0.126. The van der Waals surface area contributed by atoms with Crippen LogP contribution in [0.1, 0.15) is 31.2 Å². The van der Waals surface area contributed by atoms with Gasteiger partial charge in [0.15, 0.2) is 0 Å². The first-order chi connectivity index (χ1) is 13.2. The standard InChI is InChI=1S/C21H23ClN4O/c22-16-4-1-3-14(11-16)12-23-21(27)15-7-9-17(10-8-15)26-19-6-2-5-18-20(19)25-13-24-18/h1-6,11,13,15,17,26H,7-10,12H2,(H,23,27)(H,24,25)/t15-,17-. The summed E-state index contributed by atoms with van der Waals surface area (Å²) in [6.07, 6.45) is 5.48. The third-order valence-electron chi connectivity index (χ3n) is 5.26. The molecular weight excluding hydrogens is 360 g/mol. The van der Waals surface area contributed by atoms with Crippen molar-refractivity contribution in [2.45, 2.75) is 38.3 Å². The van der Waals surface area contributed by atoms with E-state index < -0.39 is 0 Å². The molecule has 1 aromatic heterocycles. The van der Waals surface area contributed by atoms with Gasteiger partial charge in [0.05, 0.1) is 17.5 Å². The molecule has 3 aromatic rings. The number of halogens is 1. The zero-order chi connectivity index (χ0) is 18.6. The van der Waals surface area contributed by atoms with Crippen molar-refractivity contribution in [1.82, 2.24) is 15.3 Å². The summed E-state index contributed by atoms with van der Waals surface area (Å²) in [5.41, 5.74) is 4.09. The first-order valence-electron chi connectivity index (χ1n) is 9.40. The molecule has 1 fully saturated rings. The minimum Gasteiger partial charge on any atom is -0.381 e. The van der Waals surface area contributed by atoms with Crippen LogP contribution in [-0.4, -0.2) is 21.9 Å². The Bertz CT molecular complexity index is 931. The molecule has 140 valence electrons. The topological polar surface area (TPSA) is 69.8 Å². The molecule has 1 saturated carbocycles. The molecule has 0 unspecified atom stereocenters. The largest absolute Gasteiger partial charge is 0.381 e. The number of hydrogen-bond acceptors (Lipinski definition) is 3. The zero-order valence-electron chi connectivity index (χ0n) is 15.0. The Balaban J connectivity index is 1.28. The Morgan fingerprint density at radius 1 is 1.15 bits per heavy atom. The minimum absolute atomic E-state index is 0.0865. The van der Waals surface area contributed by atoms with E-state index in [0.717, 1.165) is 48.0 Å². The number of aromatic amines is 1. The van der Waals surface area contributed by atoms with Gasteiger partial charge in [0.25, 0.3) is 0 Å². The van der Waals surface area contributed by atoms with Crippen molar-refractivity contribution in [3.8, 4) is 0 Å². The van der Waals surface area contributed by atoms with Gasteiger partial charge in [-0.25, -0.2) is 4.98 Å². The van der Waals surface area contributed by atoms with E-state index in [2.05, 4.69) is 26.7 Å². The molecule has 0 spiro atoms. The first kappa shape index (κ1) is 17.9. The fourth-order valence-electron chi connectivity index (χ4n) is 3.78. The van der Waals surface area contributed by atoms with E-state index >= 15 is 0 Å². The highest BCUT2D eigenvalue weighted by Gasteiger charge is 2.26. The van der Waals surface area contributed by atoms with Gasteiger partial charge in [0, 0.05) is 23.5 Å². The van der Waals surface area contributed by atoms with Crippen LogP contribution in [0, 0.1) is 5.92 Å². The van der Waals surface area contributed by atoms with Gasteiger partial charge in [-0.15, -0.1) is 0 Å². The third kappa shape index (κ3) is 4.25. The molecule has 0 aliphatic heterocycles. The maximum Gasteiger partial charge on any atom is 0.223 e. The molecule has 3 N–H and O–H groups in total. The van der Waals surface area contributed by atoms with Crippen molar-refractivity contribution in [2.24, 2.45) is 5.92 Å². The number of carbonyl (C=O) groups is 1. The van der Waals surface area contributed by atoms with Gasteiger partial charge >= 0.3 is 0 Å². The van der Waals surface area contributed by atoms with E-state index in [9.17, 15) is 4.79 Å². The van der Waals surface area contributed by atoms with Gasteiger partial charge < -0.3 is 15.6 Å². The molecule has 1 aliphatic carbocycles. The number of rotatable bonds is 5. The van der Waals surface area contributed by atoms with Crippen LogP contribution in [0.15, 0.2) is 48.8 Å². The second-order valence-electron chi connectivity index (χ2n) is 7.14. The van der Waals surface area contributed by atoms with Crippen molar-refractivity contribution in [3.05, 3.63) is 59.4 Å². The third-order valence-corrected chi connectivity index (χ3v) is 5.50. The number of carbonyl (C=O) groups excluding carboxylic acids is 1. The predicted octanol–water partition coefficient (Wildman–Crippen LogP) is 4.50. The number of nitrogens with zero attached hydrogens (tertiary/aromatic N) is 1. The minimum atomic E-state index is 0.0865. The van der Waals surface area contributed by atoms with Crippen molar-refractivity contribution < 1.29 is 4.79 Å². The smallest absolute Gasteiger partial charge is 0.223 e. The Morgan fingerprint density at radius 2 is 1.96 bits per heavy atom. The molecular formula is C21H23ClN4O. The number of para-hydroxylation sites is 1. The summed E-state index contributed by atoms with van der Waals surface area (Å²) in [5.74, 6) is 0.228. The van der Waals surface area contributed by atoms with Crippen LogP contribution < -0.4 is 10.6 Å². The zero-order valence-corrected chi connectivity index (χ0v) is 15.8. The summed E-state index contributed by atoms with van der Waals surface area (Å²) >= 11 is 5.99. The predicted molar refractivity (Wildman–Crippen MR) is 109 cm³/mol.